The lowest BCUT2D eigenvalue weighted by Crippen LogP contribution is -2.39. The number of aryl methyl sites for hydroxylation is 1. The van der Waals surface area contributed by atoms with Crippen molar-refractivity contribution in [1.29, 1.82) is 0 Å². The Bertz CT molecular complexity index is 461. The van der Waals surface area contributed by atoms with Crippen molar-refractivity contribution in [2.45, 2.75) is 33.2 Å². The predicted octanol–water partition coefficient (Wildman–Crippen LogP) is 1.85. The Balaban J connectivity index is 2.94. The molecule has 1 amide bonds. The third-order valence-electron chi connectivity index (χ3n) is 3.08. The summed E-state index contributed by atoms with van der Waals surface area (Å²) in [7, 11) is 0. The summed E-state index contributed by atoms with van der Waals surface area (Å²) in [6.45, 7) is 5.40. The molecular weight excluding hydrogens is 247 g/mol. The van der Waals surface area contributed by atoms with Crippen LogP contribution in [0.4, 0.5) is 10.1 Å². The molecule has 0 aliphatic carbocycles. The normalized spacial score (nSPS) is 12.5. The van der Waals surface area contributed by atoms with E-state index >= 15 is 0 Å². The Morgan fingerprint density at radius 3 is 2.63 bits per heavy atom. The largest absolute Gasteiger partial charge is 0.399 e. The van der Waals surface area contributed by atoms with Gasteiger partial charge in [0, 0.05) is 18.3 Å². The van der Waals surface area contributed by atoms with Gasteiger partial charge in [-0.15, -0.1) is 0 Å². The molecule has 0 spiro atoms. The van der Waals surface area contributed by atoms with Crippen LogP contribution in [0.25, 0.3) is 0 Å². The molecule has 4 N–H and O–H groups in total. The molecule has 0 aliphatic heterocycles. The van der Waals surface area contributed by atoms with Crippen molar-refractivity contribution in [3.05, 3.63) is 29.1 Å². The molecule has 1 aromatic rings. The number of rotatable bonds is 5. The Labute approximate surface area is 112 Å². The van der Waals surface area contributed by atoms with Crippen LogP contribution < -0.4 is 11.1 Å². The minimum atomic E-state index is -0.557. The first-order chi connectivity index (χ1) is 8.86. The Kier molecular flexibility index (Phi) is 5.30. The second-order valence-electron chi connectivity index (χ2n) is 5.04. The van der Waals surface area contributed by atoms with Crippen LogP contribution in [0.1, 0.15) is 36.2 Å². The summed E-state index contributed by atoms with van der Waals surface area (Å²) in [6.07, 6.45) is 0.437. The van der Waals surface area contributed by atoms with Crippen LogP contribution in [0.3, 0.4) is 0 Å². The van der Waals surface area contributed by atoms with Gasteiger partial charge < -0.3 is 16.2 Å². The number of amides is 1. The molecule has 1 atom stereocenters. The van der Waals surface area contributed by atoms with Crippen LogP contribution >= 0.6 is 0 Å². The minimum Gasteiger partial charge on any atom is -0.399 e. The number of anilines is 1. The van der Waals surface area contributed by atoms with Crippen LogP contribution in [0.15, 0.2) is 12.1 Å². The Hall–Kier alpha value is -1.62. The number of carbonyl (C=O) groups excluding carboxylic acids is 1. The van der Waals surface area contributed by atoms with Gasteiger partial charge in [0.2, 0.25) is 0 Å². The summed E-state index contributed by atoms with van der Waals surface area (Å²) >= 11 is 0. The van der Waals surface area contributed by atoms with E-state index in [2.05, 4.69) is 5.32 Å². The maximum Gasteiger partial charge on any atom is 0.254 e. The van der Waals surface area contributed by atoms with E-state index in [4.69, 9.17) is 10.8 Å². The summed E-state index contributed by atoms with van der Waals surface area (Å²) in [4.78, 5) is 12.1. The first kappa shape index (κ1) is 15.4. The number of nitrogen functional groups attached to an aromatic ring is 1. The molecule has 0 aliphatic rings. The molecular formula is C14H21FN2O2. The van der Waals surface area contributed by atoms with Crippen LogP contribution in [0.5, 0.6) is 0 Å². The summed E-state index contributed by atoms with van der Waals surface area (Å²) in [5.74, 6) is -0.903. The third kappa shape index (κ3) is 3.92. The zero-order chi connectivity index (χ0) is 14.6. The van der Waals surface area contributed by atoms with Gasteiger partial charge in [-0.05, 0) is 37.0 Å². The summed E-state index contributed by atoms with van der Waals surface area (Å²) in [5.41, 5.74) is 6.27. The van der Waals surface area contributed by atoms with Gasteiger partial charge >= 0.3 is 0 Å². The van der Waals surface area contributed by atoms with Crippen molar-refractivity contribution in [3.63, 3.8) is 0 Å². The highest BCUT2D eigenvalue weighted by molar-refractivity contribution is 5.95. The summed E-state index contributed by atoms with van der Waals surface area (Å²) in [6, 6.07) is 2.62. The Morgan fingerprint density at radius 2 is 2.11 bits per heavy atom. The number of carbonyl (C=O) groups is 1. The van der Waals surface area contributed by atoms with Gasteiger partial charge in [-0.3, -0.25) is 4.79 Å². The van der Waals surface area contributed by atoms with Gasteiger partial charge in [0.05, 0.1) is 5.56 Å². The highest BCUT2D eigenvalue weighted by Crippen LogP contribution is 2.18. The zero-order valence-electron chi connectivity index (χ0n) is 11.5. The predicted molar refractivity (Wildman–Crippen MR) is 73.3 cm³/mol. The van der Waals surface area contributed by atoms with E-state index in [1.54, 1.807) is 6.92 Å². The fraction of sp³-hybridized carbons (Fsp3) is 0.500. The molecule has 0 fully saturated rings. The average molecular weight is 268 g/mol. The van der Waals surface area contributed by atoms with E-state index in [1.165, 1.54) is 12.1 Å². The van der Waals surface area contributed by atoms with E-state index in [0.29, 0.717) is 17.7 Å². The first-order valence-corrected chi connectivity index (χ1v) is 6.34. The van der Waals surface area contributed by atoms with Crippen molar-refractivity contribution in [1.82, 2.24) is 5.32 Å². The van der Waals surface area contributed by atoms with E-state index in [0.717, 1.165) is 0 Å². The fourth-order valence-electron chi connectivity index (χ4n) is 1.92. The number of nitrogens with one attached hydrogen (secondary N) is 1. The molecule has 106 valence electrons. The number of halogens is 1. The number of aliphatic hydroxyl groups is 1. The van der Waals surface area contributed by atoms with Gasteiger partial charge in [-0.1, -0.05) is 13.8 Å². The van der Waals surface area contributed by atoms with Crippen LogP contribution in [0.2, 0.25) is 0 Å². The van der Waals surface area contributed by atoms with Gasteiger partial charge in [0.25, 0.3) is 5.91 Å². The van der Waals surface area contributed by atoms with Crippen molar-refractivity contribution < 1.29 is 14.3 Å². The van der Waals surface area contributed by atoms with E-state index in [9.17, 15) is 9.18 Å². The highest BCUT2D eigenvalue weighted by Gasteiger charge is 2.20. The van der Waals surface area contributed by atoms with E-state index in [-0.39, 0.29) is 24.1 Å². The summed E-state index contributed by atoms with van der Waals surface area (Å²) < 4.78 is 13.9. The van der Waals surface area contributed by atoms with Gasteiger partial charge in [-0.2, -0.15) is 0 Å². The SMILES string of the molecule is Cc1cc(N)cc(C(=O)NC(CCO)C(C)C)c1F. The number of aliphatic hydroxyl groups excluding tert-OH is 1. The number of hydrogen-bond acceptors (Lipinski definition) is 3. The first-order valence-electron chi connectivity index (χ1n) is 6.34. The van der Waals surface area contributed by atoms with Gasteiger partial charge in [0.1, 0.15) is 5.82 Å². The molecule has 0 bridgehead atoms. The van der Waals surface area contributed by atoms with Gasteiger partial charge in [-0.25, -0.2) is 4.39 Å². The monoisotopic (exact) mass is 268 g/mol. The molecule has 19 heavy (non-hydrogen) atoms. The molecule has 0 saturated heterocycles. The van der Waals surface area contributed by atoms with Crippen molar-refractivity contribution >= 4 is 11.6 Å². The standard InChI is InChI=1S/C14H21FN2O2/c1-8(2)12(4-5-18)17-14(19)11-7-10(16)6-9(3)13(11)15/h6-8,12,18H,4-5,16H2,1-3H3,(H,17,19). The van der Waals surface area contributed by atoms with Crippen LogP contribution in [-0.4, -0.2) is 23.7 Å². The minimum absolute atomic E-state index is 0.0262. The molecule has 0 saturated carbocycles. The third-order valence-corrected chi connectivity index (χ3v) is 3.08. The maximum absolute atomic E-state index is 13.9. The molecule has 0 heterocycles. The maximum atomic E-state index is 13.9. The average Bonchev–Trinajstić information content (AvgIpc) is 2.32. The molecule has 0 aromatic heterocycles. The second-order valence-corrected chi connectivity index (χ2v) is 5.04. The number of benzene rings is 1. The van der Waals surface area contributed by atoms with Crippen LogP contribution in [-0.2, 0) is 0 Å². The molecule has 5 heteroatoms. The lowest BCUT2D eigenvalue weighted by Gasteiger charge is -2.22. The molecule has 0 radical (unpaired) electrons. The lowest BCUT2D eigenvalue weighted by molar-refractivity contribution is 0.0912. The van der Waals surface area contributed by atoms with Gasteiger partial charge in [0.15, 0.2) is 0 Å². The van der Waals surface area contributed by atoms with Crippen molar-refractivity contribution in [2.75, 3.05) is 12.3 Å². The molecule has 4 nitrogen and oxygen atoms in total. The number of hydrogen-bond donors (Lipinski definition) is 3. The zero-order valence-corrected chi connectivity index (χ0v) is 11.5. The highest BCUT2D eigenvalue weighted by atomic mass is 19.1. The smallest absolute Gasteiger partial charge is 0.254 e. The van der Waals surface area contributed by atoms with Crippen molar-refractivity contribution in [3.8, 4) is 0 Å². The summed E-state index contributed by atoms with van der Waals surface area (Å²) in [5, 5.41) is 11.7. The quantitative estimate of drug-likeness (QED) is 0.713. The number of nitrogens with two attached hydrogens (primary N) is 1. The molecule has 1 aromatic carbocycles. The molecule has 1 rings (SSSR count). The van der Waals surface area contributed by atoms with Crippen molar-refractivity contribution in [2.24, 2.45) is 5.92 Å². The molecule has 1 unspecified atom stereocenters. The lowest BCUT2D eigenvalue weighted by atomic mass is 10.0. The van der Waals surface area contributed by atoms with Crippen LogP contribution in [0, 0.1) is 18.7 Å². The van der Waals surface area contributed by atoms with E-state index < -0.39 is 11.7 Å². The second kappa shape index (κ2) is 6.52. The Morgan fingerprint density at radius 1 is 1.47 bits per heavy atom. The fourth-order valence-corrected chi connectivity index (χ4v) is 1.92. The topological polar surface area (TPSA) is 75.4 Å². The van der Waals surface area contributed by atoms with E-state index in [1.807, 2.05) is 13.8 Å².